The molecule has 12 heteroatoms. The molecule has 3 rings (SSSR count). The van der Waals surface area contributed by atoms with Crippen LogP contribution in [0.25, 0.3) is 0 Å². The first-order chi connectivity index (χ1) is 19.1. The average Bonchev–Trinajstić information content (AvgIpc) is 2.94. The first kappa shape index (κ1) is 30.1. The second-order valence-corrected chi connectivity index (χ2v) is 9.55. The number of amides is 3. The predicted molar refractivity (Wildman–Crippen MR) is 148 cm³/mol. The first-order valence-electron chi connectivity index (χ1n) is 13.0. The smallest absolute Gasteiger partial charge is 0.323 e. The van der Waals surface area contributed by atoms with E-state index in [4.69, 9.17) is 21.6 Å². The van der Waals surface area contributed by atoms with Gasteiger partial charge in [0.15, 0.2) is 0 Å². The highest BCUT2D eigenvalue weighted by Gasteiger charge is 2.40. The van der Waals surface area contributed by atoms with Gasteiger partial charge in [-0.3, -0.25) is 24.6 Å². The van der Waals surface area contributed by atoms with Crippen molar-refractivity contribution < 1.29 is 29.0 Å². The van der Waals surface area contributed by atoms with E-state index in [1.165, 1.54) is 21.9 Å². The summed E-state index contributed by atoms with van der Waals surface area (Å²) in [7, 11) is 1.55. The van der Waals surface area contributed by atoms with Gasteiger partial charge in [0, 0.05) is 30.6 Å². The number of carboxylic acids is 1. The molecule has 0 aromatic heterocycles. The first-order valence-corrected chi connectivity index (χ1v) is 13.0. The number of amidine groups is 1. The zero-order valence-corrected chi connectivity index (χ0v) is 22.5. The number of piperazine rings is 1. The van der Waals surface area contributed by atoms with E-state index in [1.807, 2.05) is 0 Å². The van der Waals surface area contributed by atoms with Crippen molar-refractivity contribution in [1.29, 1.82) is 5.41 Å². The number of nitrogens with one attached hydrogen (secondary N) is 2. The standard InChI is InChI=1S/C28H36N6O6/c1-40-21-11-5-18(6-12-21)16-22(32-26(37)20-9-7-19(8-10-20)25(30)31)27(38)34-15-14-33(17-24(35)36)28(39)23(34)4-2-3-13-29/h5-12,22-23H,2-4,13-17,29H2,1H3,(H3,30,31)(H,32,37)(H,35,36)/t22-,23-/m0/s1. The third kappa shape index (κ3) is 7.79. The number of nitrogens with zero attached hydrogens (tertiary/aromatic N) is 2. The summed E-state index contributed by atoms with van der Waals surface area (Å²) in [6.07, 6.45) is 1.70. The molecule has 1 aliphatic rings. The summed E-state index contributed by atoms with van der Waals surface area (Å²) in [5, 5.41) is 19.6. The number of rotatable bonds is 13. The van der Waals surface area contributed by atoms with Crippen LogP contribution in [0.2, 0.25) is 0 Å². The van der Waals surface area contributed by atoms with Crippen LogP contribution in [0.5, 0.6) is 5.75 Å². The van der Waals surface area contributed by atoms with Crippen LogP contribution in [0.15, 0.2) is 48.5 Å². The van der Waals surface area contributed by atoms with Gasteiger partial charge in [0.2, 0.25) is 11.8 Å². The fourth-order valence-electron chi connectivity index (χ4n) is 4.62. The van der Waals surface area contributed by atoms with Gasteiger partial charge >= 0.3 is 5.97 Å². The molecule has 12 nitrogen and oxygen atoms in total. The zero-order chi connectivity index (χ0) is 29.2. The molecule has 2 aromatic carbocycles. The number of carboxylic acid groups (broad SMARTS) is 1. The number of ether oxygens (including phenoxy) is 1. The highest BCUT2D eigenvalue weighted by molar-refractivity contribution is 6.00. The van der Waals surface area contributed by atoms with Gasteiger partial charge in [-0.25, -0.2) is 0 Å². The van der Waals surface area contributed by atoms with E-state index in [-0.39, 0.29) is 30.9 Å². The third-order valence-electron chi connectivity index (χ3n) is 6.79. The normalized spacial score (nSPS) is 15.8. The lowest BCUT2D eigenvalue weighted by atomic mass is 9.99. The number of aliphatic carboxylic acids is 1. The van der Waals surface area contributed by atoms with Crippen molar-refractivity contribution in [3.05, 3.63) is 65.2 Å². The number of nitrogens with two attached hydrogens (primary N) is 2. The minimum Gasteiger partial charge on any atom is -0.497 e. The lowest BCUT2D eigenvalue weighted by Gasteiger charge is -2.41. The summed E-state index contributed by atoms with van der Waals surface area (Å²) in [4.78, 5) is 54.4. The fourth-order valence-corrected chi connectivity index (χ4v) is 4.62. The van der Waals surface area contributed by atoms with Gasteiger partial charge in [-0.1, -0.05) is 24.3 Å². The van der Waals surface area contributed by atoms with Gasteiger partial charge in [0.1, 0.15) is 30.2 Å². The number of hydrogen-bond acceptors (Lipinski definition) is 7. The maximum Gasteiger partial charge on any atom is 0.323 e. The molecule has 214 valence electrons. The molecule has 1 fully saturated rings. The van der Waals surface area contributed by atoms with Crippen LogP contribution in [0, 0.1) is 5.41 Å². The molecule has 2 aromatic rings. The number of unbranched alkanes of at least 4 members (excludes halogenated alkanes) is 1. The Hall–Kier alpha value is -4.45. The van der Waals surface area contributed by atoms with Crippen LogP contribution in [-0.4, -0.2) is 89.8 Å². The molecule has 1 saturated heterocycles. The van der Waals surface area contributed by atoms with Crippen LogP contribution < -0.4 is 21.5 Å². The number of nitrogen functional groups attached to an aromatic ring is 1. The lowest BCUT2D eigenvalue weighted by Crippen LogP contribution is -2.63. The highest BCUT2D eigenvalue weighted by atomic mass is 16.5. The summed E-state index contributed by atoms with van der Waals surface area (Å²) in [5.41, 5.74) is 12.6. The second kappa shape index (κ2) is 14.1. The molecule has 0 bridgehead atoms. The fraction of sp³-hybridized carbons (Fsp3) is 0.393. The Labute approximate surface area is 232 Å². The number of hydrogen-bond donors (Lipinski definition) is 5. The van der Waals surface area contributed by atoms with Crippen molar-refractivity contribution in [3.63, 3.8) is 0 Å². The van der Waals surface area contributed by atoms with Crippen LogP contribution in [0.4, 0.5) is 0 Å². The van der Waals surface area contributed by atoms with E-state index in [9.17, 15) is 24.3 Å². The summed E-state index contributed by atoms with van der Waals surface area (Å²) in [6, 6.07) is 11.4. The molecule has 0 radical (unpaired) electrons. The average molecular weight is 553 g/mol. The number of benzene rings is 2. The van der Waals surface area contributed by atoms with E-state index < -0.39 is 42.3 Å². The van der Waals surface area contributed by atoms with Crippen LogP contribution in [-0.2, 0) is 20.8 Å². The Morgan fingerprint density at radius 1 is 1.07 bits per heavy atom. The Morgan fingerprint density at radius 3 is 2.30 bits per heavy atom. The summed E-state index contributed by atoms with van der Waals surface area (Å²) >= 11 is 0. The Balaban J connectivity index is 1.89. The topological polar surface area (TPSA) is 192 Å². The van der Waals surface area contributed by atoms with E-state index in [0.29, 0.717) is 37.1 Å². The van der Waals surface area contributed by atoms with E-state index >= 15 is 0 Å². The molecule has 0 saturated carbocycles. The second-order valence-electron chi connectivity index (χ2n) is 9.55. The van der Waals surface area contributed by atoms with Gasteiger partial charge in [0.25, 0.3) is 5.91 Å². The third-order valence-corrected chi connectivity index (χ3v) is 6.79. The van der Waals surface area contributed by atoms with Gasteiger partial charge in [0.05, 0.1) is 7.11 Å². The van der Waals surface area contributed by atoms with Crippen molar-refractivity contribution in [3.8, 4) is 5.75 Å². The zero-order valence-electron chi connectivity index (χ0n) is 22.5. The molecule has 0 spiro atoms. The van der Waals surface area contributed by atoms with E-state index in [2.05, 4.69) is 5.32 Å². The maximum atomic E-state index is 14.0. The Kier molecular flexibility index (Phi) is 10.6. The molecular weight excluding hydrogens is 516 g/mol. The largest absolute Gasteiger partial charge is 0.497 e. The molecule has 1 heterocycles. The van der Waals surface area contributed by atoms with Crippen molar-refractivity contribution in [2.24, 2.45) is 11.5 Å². The molecule has 2 atom stereocenters. The minimum absolute atomic E-state index is 0.0694. The minimum atomic E-state index is -1.13. The molecule has 3 amide bonds. The predicted octanol–water partition coefficient (Wildman–Crippen LogP) is 0.573. The van der Waals surface area contributed by atoms with Crippen molar-refractivity contribution in [2.75, 3.05) is 33.3 Å². The van der Waals surface area contributed by atoms with Gasteiger partial charge < -0.3 is 36.4 Å². The molecule has 7 N–H and O–H groups in total. The van der Waals surface area contributed by atoms with E-state index in [0.717, 1.165) is 5.56 Å². The number of carbonyl (C=O) groups excluding carboxylic acids is 3. The van der Waals surface area contributed by atoms with Crippen molar-refractivity contribution in [1.82, 2.24) is 15.1 Å². The monoisotopic (exact) mass is 552 g/mol. The maximum absolute atomic E-state index is 14.0. The quantitative estimate of drug-likeness (QED) is 0.135. The SMILES string of the molecule is COc1ccc(C[C@H](NC(=O)c2ccc(C(=N)N)cc2)C(=O)N2CCN(CC(=O)O)C(=O)[C@@H]2CCCCN)cc1. The van der Waals surface area contributed by atoms with Gasteiger partial charge in [-0.05, 0) is 55.6 Å². The van der Waals surface area contributed by atoms with Crippen LogP contribution in [0.1, 0.15) is 40.7 Å². The summed E-state index contributed by atoms with van der Waals surface area (Å²) < 4.78 is 5.21. The van der Waals surface area contributed by atoms with Crippen molar-refractivity contribution >= 4 is 29.5 Å². The Morgan fingerprint density at radius 2 is 1.73 bits per heavy atom. The molecule has 1 aliphatic heterocycles. The molecular formula is C28H36N6O6. The number of carbonyl (C=O) groups is 4. The lowest BCUT2D eigenvalue weighted by molar-refractivity contribution is -0.156. The molecule has 40 heavy (non-hydrogen) atoms. The number of methoxy groups -OCH3 is 1. The summed E-state index contributed by atoms with van der Waals surface area (Å²) in [5.74, 6) is -2.00. The molecule has 0 aliphatic carbocycles. The van der Waals surface area contributed by atoms with Crippen molar-refractivity contribution in [2.45, 2.75) is 37.8 Å². The van der Waals surface area contributed by atoms with Crippen LogP contribution in [0.3, 0.4) is 0 Å². The summed E-state index contributed by atoms with van der Waals surface area (Å²) in [6.45, 7) is 0.177. The van der Waals surface area contributed by atoms with Crippen LogP contribution >= 0.6 is 0 Å². The molecule has 0 unspecified atom stereocenters. The highest BCUT2D eigenvalue weighted by Crippen LogP contribution is 2.21. The van der Waals surface area contributed by atoms with Gasteiger partial charge in [-0.15, -0.1) is 0 Å². The Bertz CT molecular complexity index is 1220. The van der Waals surface area contributed by atoms with E-state index in [1.54, 1.807) is 43.5 Å². The van der Waals surface area contributed by atoms with Gasteiger partial charge in [-0.2, -0.15) is 0 Å².